The summed E-state index contributed by atoms with van der Waals surface area (Å²) in [5.74, 6) is 1.19. The number of rotatable bonds is 5. The van der Waals surface area contributed by atoms with Gasteiger partial charge in [0, 0.05) is 6.54 Å². The Morgan fingerprint density at radius 2 is 2.10 bits per heavy atom. The summed E-state index contributed by atoms with van der Waals surface area (Å²) in [6, 6.07) is 6.76. The number of nitrogens with zero attached hydrogens (tertiary/aromatic N) is 1. The highest BCUT2D eigenvalue weighted by atomic mass is 16.5. The lowest BCUT2D eigenvalue weighted by atomic mass is 10.2. The van der Waals surface area contributed by atoms with Crippen LogP contribution in [-0.4, -0.2) is 61.5 Å². The summed E-state index contributed by atoms with van der Waals surface area (Å²) < 4.78 is 16.0. The van der Waals surface area contributed by atoms with Gasteiger partial charge < -0.3 is 24.2 Å². The van der Waals surface area contributed by atoms with Crippen molar-refractivity contribution in [1.82, 2.24) is 4.90 Å². The molecule has 1 aliphatic heterocycles. The van der Waals surface area contributed by atoms with Crippen LogP contribution in [0.15, 0.2) is 24.3 Å². The summed E-state index contributed by atoms with van der Waals surface area (Å²) in [4.78, 5) is 14.0. The molecule has 116 valence electrons. The third-order valence-corrected chi connectivity index (χ3v) is 3.44. The normalized spacial score (nSPS) is 20.0. The molecule has 1 heterocycles. The number of aliphatic hydroxyl groups excluding tert-OH is 1. The highest BCUT2D eigenvalue weighted by Gasteiger charge is 2.30. The van der Waals surface area contributed by atoms with Crippen molar-refractivity contribution in [3.63, 3.8) is 0 Å². The molecule has 1 aromatic rings. The molecule has 21 heavy (non-hydrogen) atoms. The van der Waals surface area contributed by atoms with Crippen molar-refractivity contribution in [2.24, 2.45) is 0 Å². The van der Waals surface area contributed by atoms with Gasteiger partial charge in [0.2, 0.25) is 0 Å². The van der Waals surface area contributed by atoms with Crippen LogP contribution in [0, 0.1) is 0 Å². The number of methoxy groups -OCH3 is 1. The molecule has 6 nitrogen and oxygen atoms in total. The van der Waals surface area contributed by atoms with Gasteiger partial charge >= 0.3 is 0 Å². The second-order valence-electron chi connectivity index (χ2n) is 4.88. The van der Waals surface area contributed by atoms with Gasteiger partial charge in [-0.2, -0.15) is 0 Å². The van der Waals surface area contributed by atoms with E-state index in [1.54, 1.807) is 43.2 Å². The number of carbonyl (C=O) groups is 1. The van der Waals surface area contributed by atoms with Gasteiger partial charge in [-0.1, -0.05) is 0 Å². The average Bonchev–Trinajstić information content (AvgIpc) is 2.54. The number of carbonyl (C=O) groups excluding carboxylic acids is 1. The number of aliphatic hydroxyl groups is 1. The smallest absolute Gasteiger partial charge is 0.263 e. The van der Waals surface area contributed by atoms with Gasteiger partial charge in [-0.3, -0.25) is 4.79 Å². The summed E-state index contributed by atoms with van der Waals surface area (Å²) in [6.45, 7) is 2.91. The van der Waals surface area contributed by atoms with Crippen molar-refractivity contribution in [2.75, 3.05) is 33.5 Å². The van der Waals surface area contributed by atoms with Crippen LogP contribution < -0.4 is 9.47 Å². The van der Waals surface area contributed by atoms with Gasteiger partial charge in [-0.05, 0) is 31.2 Å². The Kier molecular flexibility index (Phi) is 5.41. The van der Waals surface area contributed by atoms with Crippen molar-refractivity contribution >= 4 is 5.91 Å². The van der Waals surface area contributed by atoms with Gasteiger partial charge in [0.15, 0.2) is 6.10 Å². The Morgan fingerprint density at radius 3 is 2.71 bits per heavy atom. The highest BCUT2D eigenvalue weighted by molar-refractivity contribution is 5.81. The molecule has 1 N–H and O–H groups in total. The van der Waals surface area contributed by atoms with Crippen molar-refractivity contribution < 1.29 is 24.1 Å². The summed E-state index contributed by atoms with van der Waals surface area (Å²) in [7, 11) is 1.59. The monoisotopic (exact) mass is 295 g/mol. The predicted octanol–water partition coefficient (Wildman–Crippen LogP) is 0.682. The molecule has 2 atom stereocenters. The zero-order chi connectivity index (χ0) is 15.2. The minimum absolute atomic E-state index is 0.110. The number of amides is 1. The molecule has 1 amide bonds. The van der Waals surface area contributed by atoms with E-state index in [-0.39, 0.29) is 18.6 Å². The van der Waals surface area contributed by atoms with Gasteiger partial charge in [-0.15, -0.1) is 0 Å². The third kappa shape index (κ3) is 3.86. The van der Waals surface area contributed by atoms with Gasteiger partial charge in [0.05, 0.1) is 33.0 Å². The van der Waals surface area contributed by atoms with E-state index >= 15 is 0 Å². The first-order valence-electron chi connectivity index (χ1n) is 6.95. The Bertz CT molecular complexity index is 462. The predicted molar refractivity (Wildman–Crippen MR) is 76.5 cm³/mol. The number of hydrogen-bond acceptors (Lipinski definition) is 5. The van der Waals surface area contributed by atoms with Crippen LogP contribution in [0.5, 0.6) is 11.5 Å². The Morgan fingerprint density at radius 1 is 1.43 bits per heavy atom. The van der Waals surface area contributed by atoms with Gasteiger partial charge in [0.25, 0.3) is 5.91 Å². The van der Waals surface area contributed by atoms with Gasteiger partial charge in [-0.25, -0.2) is 0 Å². The number of morpholine rings is 1. The number of benzene rings is 1. The molecule has 0 saturated carbocycles. The summed E-state index contributed by atoms with van der Waals surface area (Å²) >= 11 is 0. The lowest BCUT2D eigenvalue weighted by Crippen LogP contribution is -2.54. The molecule has 0 radical (unpaired) electrons. The molecule has 6 heteroatoms. The fourth-order valence-corrected chi connectivity index (χ4v) is 2.24. The fourth-order valence-electron chi connectivity index (χ4n) is 2.24. The first kappa shape index (κ1) is 15.6. The summed E-state index contributed by atoms with van der Waals surface area (Å²) in [6.07, 6.45) is -0.620. The molecule has 1 saturated heterocycles. The van der Waals surface area contributed by atoms with Crippen LogP contribution >= 0.6 is 0 Å². The van der Waals surface area contributed by atoms with E-state index in [1.807, 2.05) is 0 Å². The topological polar surface area (TPSA) is 68.2 Å². The number of hydrogen-bond donors (Lipinski definition) is 1. The van der Waals surface area contributed by atoms with Crippen LogP contribution in [0.1, 0.15) is 6.92 Å². The van der Waals surface area contributed by atoms with Crippen LogP contribution in [0.2, 0.25) is 0 Å². The molecule has 2 unspecified atom stereocenters. The quantitative estimate of drug-likeness (QED) is 0.865. The minimum Gasteiger partial charge on any atom is -0.497 e. The highest BCUT2D eigenvalue weighted by Crippen LogP contribution is 2.19. The second-order valence-corrected chi connectivity index (χ2v) is 4.88. The van der Waals surface area contributed by atoms with E-state index in [0.29, 0.717) is 25.5 Å². The second kappa shape index (κ2) is 7.28. The Labute approximate surface area is 124 Å². The zero-order valence-electron chi connectivity index (χ0n) is 12.3. The average molecular weight is 295 g/mol. The SMILES string of the molecule is COc1ccc(OC(C)C(=O)N2CCOCC2CO)cc1. The third-order valence-electron chi connectivity index (χ3n) is 3.44. The first-order valence-corrected chi connectivity index (χ1v) is 6.95. The van der Waals surface area contributed by atoms with Crippen LogP contribution in [0.3, 0.4) is 0 Å². The number of ether oxygens (including phenoxy) is 3. The maximum Gasteiger partial charge on any atom is 0.263 e. The molecule has 0 aromatic heterocycles. The van der Waals surface area contributed by atoms with Crippen molar-refractivity contribution in [3.05, 3.63) is 24.3 Å². The molecule has 0 spiro atoms. The van der Waals surface area contributed by atoms with E-state index in [1.165, 1.54) is 0 Å². The largest absolute Gasteiger partial charge is 0.497 e. The lowest BCUT2D eigenvalue weighted by Gasteiger charge is -2.35. The molecule has 0 bridgehead atoms. The summed E-state index contributed by atoms with van der Waals surface area (Å²) in [5.41, 5.74) is 0. The fraction of sp³-hybridized carbons (Fsp3) is 0.533. The lowest BCUT2D eigenvalue weighted by molar-refractivity contribution is -0.148. The maximum absolute atomic E-state index is 12.4. The molecule has 1 fully saturated rings. The van der Waals surface area contributed by atoms with Crippen molar-refractivity contribution in [2.45, 2.75) is 19.1 Å². The van der Waals surface area contributed by atoms with Crippen molar-refractivity contribution in [3.8, 4) is 11.5 Å². The van der Waals surface area contributed by atoms with E-state index < -0.39 is 6.10 Å². The van der Waals surface area contributed by atoms with Gasteiger partial charge in [0.1, 0.15) is 11.5 Å². The molecular weight excluding hydrogens is 274 g/mol. The first-order chi connectivity index (χ1) is 10.2. The molecule has 1 aliphatic rings. The van der Waals surface area contributed by atoms with Crippen molar-refractivity contribution in [1.29, 1.82) is 0 Å². The standard InChI is InChI=1S/C15H21NO5/c1-11(21-14-5-3-13(19-2)4-6-14)15(18)16-7-8-20-10-12(16)9-17/h3-6,11-12,17H,7-10H2,1-2H3. The van der Waals surface area contributed by atoms with Crippen LogP contribution in [0.4, 0.5) is 0 Å². The molecular formula is C15H21NO5. The minimum atomic E-state index is -0.620. The summed E-state index contributed by atoms with van der Waals surface area (Å²) in [5, 5.41) is 9.31. The maximum atomic E-state index is 12.4. The van der Waals surface area contributed by atoms with Crippen LogP contribution in [0.25, 0.3) is 0 Å². The zero-order valence-corrected chi connectivity index (χ0v) is 12.3. The van der Waals surface area contributed by atoms with E-state index in [4.69, 9.17) is 14.2 Å². The molecule has 0 aliphatic carbocycles. The molecule has 1 aromatic carbocycles. The van der Waals surface area contributed by atoms with E-state index in [2.05, 4.69) is 0 Å². The van der Waals surface area contributed by atoms with Crippen LogP contribution in [-0.2, 0) is 9.53 Å². The van der Waals surface area contributed by atoms with E-state index in [9.17, 15) is 9.90 Å². The molecule has 2 rings (SSSR count). The van der Waals surface area contributed by atoms with E-state index in [0.717, 1.165) is 5.75 Å². The Balaban J connectivity index is 1.97. The Hall–Kier alpha value is -1.79.